The summed E-state index contributed by atoms with van der Waals surface area (Å²) in [7, 11) is 0. The highest BCUT2D eigenvalue weighted by Crippen LogP contribution is 2.34. The minimum absolute atomic E-state index is 0.302. The van der Waals surface area contributed by atoms with Crippen LogP contribution < -0.4 is 5.32 Å². The van der Waals surface area contributed by atoms with Gasteiger partial charge in [0.25, 0.3) is 0 Å². The summed E-state index contributed by atoms with van der Waals surface area (Å²) in [5.74, 6) is 0. The summed E-state index contributed by atoms with van der Waals surface area (Å²) >= 11 is 0. The van der Waals surface area contributed by atoms with E-state index in [1.165, 1.54) is 0 Å². The van der Waals surface area contributed by atoms with Crippen LogP contribution in [-0.4, -0.2) is 29.2 Å². The maximum atomic E-state index is 5.97. The molecule has 94 valence electrons. The molecule has 0 radical (unpaired) electrons. The molecule has 2 atom stereocenters. The normalized spacial score (nSPS) is 29.2. The van der Waals surface area contributed by atoms with E-state index >= 15 is 0 Å². The number of nitrogens with one attached hydrogen (secondary N) is 1. The molecule has 0 bridgehead atoms. The van der Waals surface area contributed by atoms with Crippen molar-refractivity contribution in [2.75, 3.05) is 13.2 Å². The van der Waals surface area contributed by atoms with Gasteiger partial charge < -0.3 is 10.1 Å². The molecule has 0 aromatic carbocycles. The summed E-state index contributed by atoms with van der Waals surface area (Å²) in [5, 5.41) is 3.50. The van der Waals surface area contributed by atoms with Crippen LogP contribution in [0.3, 0.4) is 0 Å². The lowest BCUT2D eigenvalue weighted by atomic mass is 9.88. The van der Waals surface area contributed by atoms with E-state index in [4.69, 9.17) is 4.74 Å². The van der Waals surface area contributed by atoms with Gasteiger partial charge in [0.1, 0.15) is 5.60 Å². The van der Waals surface area contributed by atoms with Crippen molar-refractivity contribution in [1.82, 2.24) is 15.3 Å². The minimum Gasteiger partial charge on any atom is -0.369 e. The molecule has 4 nitrogen and oxygen atoms in total. The van der Waals surface area contributed by atoms with E-state index in [0.29, 0.717) is 6.04 Å². The number of hydrogen-bond acceptors (Lipinski definition) is 4. The Kier molecular flexibility index (Phi) is 3.74. The van der Waals surface area contributed by atoms with Gasteiger partial charge in [-0.3, -0.25) is 9.97 Å². The van der Waals surface area contributed by atoms with Crippen LogP contribution >= 0.6 is 0 Å². The first-order valence-electron chi connectivity index (χ1n) is 6.31. The highest BCUT2D eigenvalue weighted by molar-refractivity contribution is 5.18. The van der Waals surface area contributed by atoms with Crippen molar-refractivity contribution < 1.29 is 4.74 Å². The van der Waals surface area contributed by atoms with Gasteiger partial charge in [-0.1, -0.05) is 6.92 Å². The van der Waals surface area contributed by atoms with Crippen LogP contribution in [0.25, 0.3) is 0 Å². The maximum absolute atomic E-state index is 5.97. The topological polar surface area (TPSA) is 47.0 Å². The number of hydrogen-bond donors (Lipinski definition) is 1. The van der Waals surface area contributed by atoms with Crippen molar-refractivity contribution >= 4 is 0 Å². The van der Waals surface area contributed by atoms with E-state index in [-0.39, 0.29) is 5.60 Å². The molecule has 0 saturated carbocycles. The standard InChI is InChI=1S/C13H21N3O/c1-4-14-11-5-8-17-13(3,9-11)12-10(2)15-6-7-16-12/h6-7,11,14H,4-5,8-9H2,1-3H3. The summed E-state index contributed by atoms with van der Waals surface area (Å²) in [6.07, 6.45) is 5.50. The van der Waals surface area contributed by atoms with Crippen molar-refractivity contribution in [2.24, 2.45) is 0 Å². The highest BCUT2D eigenvalue weighted by atomic mass is 16.5. The predicted molar refractivity (Wildman–Crippen MR) is 66.8 cm³/mol. The molecule has 1 N–H and O–H groups in total. The van der Waals surface area contributed by atoms with Crippen LogP contribution in [0.5, 0.6) is 0 Å². The second-order valence-electron chi connectivity index (χ2n) is 4.82. The number of ether oxygens (including phenoxy) is 1. The highest BCUT2D eigenvalue weighted by Gasteiger charge is 2.37. The van der Waals surface area contributed by atoms with Gasteiger partial charge in [0, 0.05) is 25.0 Å². The predicted octanol–water partition coefficient (Wildman–Crippen LogP) is 1.79. The second kappa shape index (κ2) is 5.10. The number of aryl methyl sites for hydroxylation is 1. The van der Waals surface area contributed by atoms with Crippen LogP contribution in [0.4, 0.5) is 0 Å². The molecule has 4 heteroatoms. The first-order valence-corrected chi connectivity index (χ1v) is 6.31. The zero-order valence-corrected chi connectivity index (χ0v) is 10.9. The van der Waals surface area contributed by atoms with E-state index in [9.17, 15) is 0 Å². The third-order valence-corrected chi connectivity index (χ3v) is 3.40. The van der Waals surface area contributed by atoms with Crippen molar-refractivity contribution in [1.29, 1.82) is 0 Å². The van der Waals surface area contributed by atoms with E-state index in [2.05, 4.69) is 29.1 Å². The van der Waals surface area contributed by atoms with Gasteiger partial charge in [0.2, 0.25) is 0 Å². The Bertz CT molecular complexity index is 381. The number of nitrogens with zero attached hydrogens (tertiary/aromatic N) is 2. The summed E-state index contributed by atoms with van der Waals surface area (Å²) in [6, 6.07) is 0.514. The van der Waals surface area contributed by atoms with Gasteiger partial charge in [0.15, 0.2) is 0 Å². The fourth-order valence-corrected chi connectivity index (χ4v) is 2.61. The molecule has 17 heavy (non-hydrogen) atoms. The lowest BCUT2D eigenvalue weighted by Crippen LogP contribution is -2.44. The number of aromatic nitrogens is 2. The smallest absolute Gasteiger partial charge is 0.110 e. The number of rotatable bonds is 3. The summed E-state index contributed by atoms with van der Waals surface area (Å²) < 4.78 is 5.97. The monoisotopic (exact) mass is 235 g/mol. The first-order chi connectivity index (χ1) is 8.15. The molecule has 1 aliphatic heterocycles. The van der Waals surface area contributed by atoms with Gasteiger partial charge in [-0.25, -0.2) is 0 Å². The summed E-state index contributed by atoms with van der Waals surface area (Å²) in [6.45, 7) is 8.03. The van der Waals surface area contributed by atoms with Crippen molar-refractivity contribution in [3.05, 3.63) is 23.8 Å². The summed E-state index contributed by atoms with van der Waals surface area (Å²) in [5.41, 5.74) is 1.64. The van der Waals surface area contributed by atoms with E-state index < -0.39 is 0 Å². The third kappa shape index (κ3) is 2.64. The first kappa shape index (κ1) is 12.5. The van der Waals surface area contributed by atoms with Crippen molar-refractivity contribution in [2.45, 2.75) is 45.3 Å². The average molecular weight is 235 g/mol. The molecule has 1 saturated heterocycles. The quantitative estimate of drug-likeness (QED) is 0.867. The Balaban J connectivity index is 2.20. The van der Waals surface area contributed by atoms with Gasteiger partial charge in [-0.2, -0.15) is 0 Å². The molecule has 0 spiro atoms. The summed E-state index contributed by atoms with van der Waals surface area (Å²) in [4.78, 5) is 8.76. The van der Waals surface area contributed by atoms with Crippen molar-refractivity contribution in [3.63, 3.8) is 0 Å². The molecule has 2 unspecified atom stereocenters. The van der Waals surface area contributed by atoms with Crippen molar-refractivity contribution in [3.8, 4) is 0 Å². The molecular formula is C13H21N3O. The van der Waals surface area contributed by atoms with Crippen LogP contribution in [0, 0.1) is 6.92 Å². The van der Waals surface area contributed by atoms with Crippen LogP contribution in [0.2, 0.25) is 0 Å². The zero-order valence-electron chi connectivity index (χ0n) is 10.9. The van der Waals surface area contributed by atoms with Gasteiger partial charge in [0.05, 0.1) is 11.4 Å². The Morgan fingerprint density at radius 3 is 2.94 bits per heavy atom. The fourth-order valence-electron chi connectivity index (χ4n) is 2.61. The molecule has 1 fully saturated rings. The SMILES string of the molecule is CCNC1CCOC(C)(c2nccnc2C)C1. The maximum Gasteiger partial charge on any atom is 0.110 e. The van der Waals surface area contributed by atoms with Gasteiger partial charge in [-0.05, 0) is 33.2 Å². The Hall–Kier alpha value is -1.00. The van der Waals surface area contributed by atoms with Gasteiger partial charge in [-0.15, -0.1) is 0 Å². The van der Waals surface area contributed by atoms with Crippen LogP contribution in [-0.2, 0) is 10.3 Å². The Morgan fingerprint density at radius 2 is 2.24 bits per heavy atom. The lowest BCUT2D eigenvalue weighted by Gasteiger charge is -2.38. The molecule has 1 aliphatic rings. The van der Waals surface area contributed by atoms with E-state index in [1.807, 2.05) is 6.92 Å². The Morgan fingerprint density at radius 1 is 1.47 bits per heavy atom. The largest absolute Gasteiger partial charge is 0.369 e. The lowest BCUT2D eigenvalue weighted by molar-refractivity contribution is -0.0844. The molecule has 0 amide bonds. The van der Waals surface area contributed by atoms with E-state index in [1.54, 1.807) is 12.4 Å². The van der Waals surface area contributed by atoms with Crippen LogP contribution in [0.15, 0.2) is 12.4 Å². The fraction of sp³-hybridized carbons (Fsp3) is 0.692. The second-order valence-corrected chi connectivity index (χ2v) is 4.82. The minimum atomic E-state index is -0.302. The molecular weight excluding hydrogens is 214 g/mol. The third-order valence-electron chi connectivity index (χ3n) is 3.40. The average Bonchev–Trinajstić information content (AvgIpc) is 2.30. The van der Waals surface area contributed by atoms with Crippen LogP contribution in [0.1, 0.15) is 38.1 Å². The molecule has 0 aliphatic carbocycles. The molecule has 2 rings (SSSR count). The van der Waals surface area contributed by atoms with Gasteiger partial charge >= 0.3 is 0 Å². The molecule has 2 heterocycles. The molecule has 1 aromatic heterocycles. The Labute approximate surface area is 103 Å². The van der Waals surface area contributed by atoms with E-state index in [0.717, 1.165) is 37.4 Å². The molecule has 1 aromatic rings. The zero-order chi connectivity index (χ0) is 12.3.